The van der Waals surface area contributed by atoms with Crippen LogP contribution in [0.5, 0.6) is 5.75 Å². The number of amides is 1. The van der Waals surface area contributed by atoms with E-state index in [4.69, 9.17) is 4.74 Å². The Morgan fingerprint density at radius 3 is 2.73 bits per heavy atom. The number of hydrogen-bond donors (Lipinski definition) is 1. The van der Waals surface area contributed by atoms with Crippen LogP contribution >= 0.6 is 11.3 Å². The molecule has 0 unspecified atom stereocenters. The number of aryl methyl sites for hydroxylation is 2. The lowest BCUT2D eigenvalue weighted by Crippen LogP contribution is -2.16. The Hall–Kier alpha value is -3.52. The normalized spacial score (nSPS) is 10.9. The second kappa shape index (κ2) is 8.46. The van der Waals surface area contributed by atoms with E-state index >= 15 is 0 Å². The smallest absolute Gasteiger partial charge is 0.275 e. The summed E-state index contributed by atoms with van der Waals surface area (Å²) in [6, 6.07) is 15.9. The summed E-state index contributed by atoms with van der Waals surface area (Å²) in [5, 5.41) is 7.96. The van der Waals surface area contributed by atoms with Crippen molar-refractivity contribution >= 4 is 27.9 Å². The number of nitrogens with zero attached hydrogens (tertiary/aromatic N) is 3. The molecule has 0 radical (unpaired) electrons. The van der Waals surface area contributed by atoms with Crippen molar-refractivity contribution in [2.24, 2.45) is 0 Å². The quantitative estimate of drug-likeness (QED) is 0.512. The zero-order valence-electron chi connectivity index (χ0n) is 16.6. The maximum absolute atomic E-state index is 12.4. The lowest BCUT2D eigenvalue weighted by molar-refractivity contribution is 0.102. The third kappa shape index (κ3) is 4.38. The van der Waals surface area contributed by atoms with E-state index in [2.05, 4.69) is 15.4 Å². The highest BCUT2D eigenvalue weighted by Crippen LogP contribution is 2.20. The summed E-state index contributed by atoms with van der Waals surface area (Å²) in [5.41, 5.74) is 2.60. The van der Waals surface area contributed by atoms with Crippen LogP contribution in [0, 0.1) is 6.92 Å². The first-order chi connectivity index (χ1) is 14.5. The molecule has 0 saturated carbocycles. The van der Waals surface area contributed by atoms with E-state index in [9.17, 15) is 9.59 Å². The number of benzene rings is 2. The molecule has 1 N–H and O–H groups in total. The van der Waals surface area contributed by atoms with Gasteiger partial charge in [-0.25, -0.2) is 4.98 Å². The molecule has 4 rings (SSSR count). The van der Waals surface area contributed by atoms with Crippen LogP contribution in [0.2, 0.25) is 0 Å². The molecule has 1 amide bonds. The second-order valence-electron chi connectivity index (χ2n) is 6.77. The number of carbonyl (C=O) groups is 1. The van der Waals surface area contributed by atoms with Gasteiger partial charge < -0.3 is 10.1 Å². The minimum Gasteiger partial charge on any atom is -0.487 e. The Bertz CT molecular complexity index is 1260. The topological polar surface area (TPSA) is 85.6 Å². The molecule has 0 atom stereocenters. The molecule has 30 heavy (non-hydrogen) atoms. The maximum Gasteiger partial charge on any atom is 0.275 e. The Balaban J connectivity index is 1.45. The van der Waals surface area contributed by atoms with Crippen LogP contribution in [0.4, 0.5) is 5.69 Å². The van der Waals surface area contributed by atoms with Gasteiger partial charge in [0.25, 0.3) is 11.5 Å². The van der Waals surface area contributed by atoms with E-state index in [0.29, 0.717) is 27.7 Å². The van der Waals surface area contributed by atoms with Crippen molar-refractivity contribution in [1.82, 2.24) is 14.6 Å². The zero-order chi connectivity index (χ0) is 21.1. The van der Waals surface area contributed by atoms with Crippen molar-refractivity contribution in [3.63, 3.8) is 0 Å². The van der Waals surface area contributed by atoms with Crippen LogP contribution in [-0.2, 0) is 13.0 Å². The summed E-state index contributed by atoms with van der Waals surface area (Å²) >= 11 is 1.39. The third-order valence-electron chi connectivity index (χ3n) is 4.43. The van der Waals surface area contributed by atoms with Crippen molar-refractivity contribution in [2.75, 3.05) is 5.32 Å². The average molecular weight is 420 g/mol. The lowest BCUT2D eigenvalue weighted by atomic mass is 10.1. The van der Waals surface area contributed by atoms with Crippen molar-refractivity contribution < 1.29 is 9.53 Å². The number of nitrogens with one attached hydrogen (secondary N) is 1. The summed E-state index contributed by atoms with van der Waals surface area (Å²) in [4.78, 5) is 29.7. The van der Waals surface area contributed by atoms with Gasteiger partial charge in [0.2, 0.25) is 4.96 Å². The Morgan fingerprint density at radius 1 is 1.17 bits per heavy atom. The molecule has 0 fully saturated rings. The van der Waals surface area contributed by atoms with Crippen LogP contribution in [-0.4, -0.2) is 20.5 Å². The SMILES string of the molecule is CCc1nn2c(=O)cc(COc3cccc(NC(=O)c4ccc(C)cc4)c3)nc2s1. The van der Waals surface area contributed by atoms with Crippen LogP contribution in [0.25, 0.3) is 4.96 Å². The molecule has 8 heteroatoms. The first-order valence-electron chi connectivity index (χ1n) is 9.51. The molecular formula is C22H20N4O3S. The van der Waals surface area contributed by atoms with Gasteiger partial charge in [-0.3, -0.25) is 9.59 Å². The minimum absolute atomic E-state index is 0.139. The molecule has 2 heterocycles. The lowest BCUT2D eigenvalue weighted by Gasteiger charge is -2.09. The number of carbonyl (C=O) groups excluding carboxylic acids is 1. The Labute approximate surface area is 177 Å². The van der Waals surface area contributed by atoms with Gasteiger partial charge in [-0.15, -0.1) is 0 Å². The van der Waals surface area contributed by atoms with E-state index in [1.165, 1.54) is 21.9 Å². The first kappa shape index (κ1) is 19.8. The van der Waals surface area contributed by atoms with Crippen molar-refractivity contribution in [3.05, 3.63) is 86.8 Å². The highest BCUT2D eigenvalue weighted by molar-refractivity contribution is 7.16. The molecule has 0 saturated heterocycles. The van der Waals surface area contributed by atoms with Crippen LogP contribution in [0.15, 0.2) is 59.4 Å². The molecule has 0 bridgehead atoms. The van der Waals surface area contributed by atoms with Gasteiger partial charge >= 0.3 is 0 Å². The fourth-order valence-corrected chi connectivity index (χ4v) is 3.70. The Morgan fingerprint density at radius 2 is 1.97 bits per heavy atom. The van der Waals surface area contributed by atoms with Crippen LogP contribution in [0.3, 0.4) is 0 Å². The van der Waals surface area contributed by atoms with Gasteiger partial charge in [0.15, 0.2) is 0 Å². The molecule has 0 spiro atoms. The van der Waals surface area contributed by atoms with Gasteiger partial charge in [0.1, 0.15) is 17.4 Å². The molecule has 0 aliphatic carbocycles. The standard InChI is InChI=1S/C22H20N4O3S/c1-3-19-25-26-20(27)12-17(24-22(26)30-19)13-29-18-6-4-5-16(11-18)23-21(28)15-9-7-14(2)8-10-15/h4-12H,3,13H2,1-2H3,(H,23,28). The number of fused-ring (bicyclic) bond motifs is 1. The van der Waals surface area contributed by atoms with Gasteiger partial charge in [0, 0.05) is 23.4 Å². The Kier molecular flexibility index (Phi) is 5.58. The molecule has 2 aromatic heterocycles. The molecular weight excluding hydrogens is 400 g/mol. The highest BCUT2D eigenvalue weighted by atomic mass is 32.1. The van der Waals surface area contributed by atoms with Gasteiger partial charge in [-0.2, -0.15) is 9.61 Å². The van der Waals surface area contributed by atoms with E-state index < -0.39 is 0 Å². The largest absolute Gasteiger partial charge is 0.487 e. The summed E-state index contributed by atoms with van der Waals surface area (Å²) < 4.78 is 7.11. The summed E-state index contributed by atoms with van der Waals surface area (Å²) in [6.07, 6.45) is 0.750. The molecule has 4 aromatic rings. The van der Waals surface area contributed by atoms with Gasteiger partial charge in [-0.1, -0.05) is 42.0 Å². The number of anilines is 1. The fraction of sp³-hybridized carbons (Fsp3) is 0.182. The average Bonchev–Trinajstić information content (AvgIpc) is 3.17. The summed E-state index contributed by atoms with van der Waals surface area (Å²) in [7, 11) is 0. The van der Waals surface area contributed by atoms with E-state index in [0.717, 1.165) is 17.0 Å². The van der Waals surface area contributed by atoms with Gasteiger partial charge in [0.05, 0.1) is 5.69 Å². The zero-order valence-corrected chi connectivity index (χ0v) is 17.4. The van der Waals surface area contributed by atoms with Gasteiger partial charge in [-0.05, 0) is 37.6 Å². The van der Waals surface area contributed by atoms with Crippen LogP contribution in [0.1, 0.15) is 33.5 Å². The second-order valence-corrected chi connectivity index (χ2v) is 7.81. The number of rotatable bonds is 6. The molecule has 7 nitrogen and oxygen atoms in total. The molecule has 0 aliphatic heterocycles. The fourth-order valence-electron chi connectivity index (χ4n) is 2.84. The van der Waals surface area contributed by atoms with E-state index in [-0.39, 0.29) is 18.1 Å². The van der Waals surface area contributed by atoms with E-state index in [1.54, 1.807) is 36.4 Å². The summed E-state index contributed by atoms with van der Waals surface area (Å²) in [6.45, 7) is 4.10. The van der Waals surface area contributed by atoms with Crippen LogP contribution < -0.4 is 15.6 Å². The number of aromatic nitrogens is 3. The van der Waals surface area contributed by atoms with Crippen molar-refractivity contribution in [3.8, 4) is 5.75 Å². The molecule has 152 valence electrons. The first-order valence-corrected chi connectivity index (χ1v) is 10.3. The van der Waals surface area contributed by atoms with E-state index in [1.807, 2.05) is 26.0 Å². The summed E-state index contributed by atoms with van der Waals surface area (Å²) in [5.74, 6) is 0.376. The predicted molar refractivity (Wildman–Crippen MR) is 116 cm³/mol. The maximum atomic E-state index is 12.4. The van der Waals surface area contributed by atoms with Crippen molar-refractivity contribution in [1.29, 1.82) is 0 Å². The number of ether oxygens (including phenoxy) is 1. The number of hydrogen-bond acceptors (Lipinski definition) is 6. The monoisotopic (exact) mass is 420 g/mol. The third-order valence-corrected chi connectivity index (χ3v) is 5.49. The predicted octanol–water partition coefficient (Wildman–Crippen LogP) is 3.85. The highest BCUT2D eigenvalue weighted by Gasteiger charge is 2.10. The molecule has 2 aromatic carbocycles. The minimum atomic E-state index is -0.228. The van der Waals surface area contributed by atoms with Crippen molar-refractivity contribution in [2.45, 2.75) is 26.9 Å². The molecule has 0 aliphatic rings.